The SMILES string of the molecule is COc1cc(NC(=O)NCCn2nc(-c3sc(C)nc3C)ccc2=O)cc(OC)c1. The molecule has 0 saturated heterocycles. The van der Waals surface area contributed by atoms with Crippen molar-refractivity contribution < 1.29 is 14.3 Å². The molecule has 2 heterocycles. The summed E-state index contributed by atoms with van der Waals surface area (Å²) >= 11 is 1.53. The number of benzene rings is 1. The number of urea groups is 1. The van der Waals surface area contributed by atoms with Gasteiger partial charge in [-0.3, -0.25) is 4.79 Å². The van der Waals surface area contributed by atoms with Gasteiger partial charge in [0, 0.05) is 36.5 Å². The third kappa shape index (κ3) is 5.15. The molecule has 0 radical (unpaired) electrons. The van der Waals surface area contributed by atoms with E-state index in [1.54, 1.807) is 24.3 Å². The number of nitrogens with zero attached hydrogens (tertiary/aromatic N) is 3. The lowest BCUT2D eigenvalue weighted by molar-refractivity contribution is 0.251. The zero-order valence-electron chi connectivity index (χ0n) is 17.2. The van der Waals surface area contributed by atoms with Crippen molar-refractivity contribution >= 4 is 23.1 Å². The van der Waals surface area contributed by atoms with Crippen molar-refractivity contribution in [3.05, 3.63) is 51.4 Å². The molecule has 0 aliphatic carbocycles. The molecule has 0 aliphatic rings. The monoisotopic (exact) mass is 429 g/mol. The molecule has 9 nitrogen and oxygen atoms in total. The molecule has 158 valence electrons. The van der Waals surface area contributed by atoms with Crippen LogP contribution in [0.4, 0.5) is 10.5 Å². The fourth-order valence-electron chi connectivity index (χ4n) is 2.83. The Bertz CT molecular complexity index is 1090. The Labute approximate surface area is 177 Å². The van der Waals surface area contributed by atoms with E-state index in [1.807, 2.05) is 13.8 Å². The van der Waals surface area contributed by atoms with Crippen molar-refractivity contribution in [2.45, 2.75) is 20.4 Å². The highest BCUT2D eigenvalue weighted by Crippen LogP contribution is 2.27. The number of hydrogen-bond donors (Lipinski definition) is 2. The van der Waals surface area contributed by atoms with Gasteiger partial charge in [-0.15, -0.1) is 11.3 Å². The first-order chi connectivity index (χ1) is 14.4. The summed E-state index contributed by atoms with van der Waals surface area (Å²) in [4.78, 5) is 29.7. The zero-order chi connectivity index (χ0) is 21.7. The standard InChI is InChI=1S/C20H23N5O4S/c1-12-19(30-13(2)22-12)17-5-6-18(26)25(24-17)8-7-21-20(27)23-14-9-15(28-3)11-16(10-14)29-4/h5-6,9-11H,7-8H2,1-4H3,(H2,21,23,27). The summed E-state index contributed by atoms with van der Waals surface area (Å²) in [6.07, 6.45) is 0. The van der Waals surface area contributed by atoms with Gasteiger partial charge in [0.15, 0.2) is 0 Å². The van der Waals surface area contributed by atoms with Crippen molar-refractivity contribution in [2.75, 3.05) is 26.1 Å². The van der Waals surface area contributed by atoms with Crippen LogP contribution in [-0.4, -0.2) is 41.6 Å². The Hall–Kier alpha value is -3.40. The molecule has 3 rings (SSSR count). The molecule has 0 fully saturated rings. The molecule has 1 aromatic carbocycles. The number of carbonyl (C=O) groups excluding carboxylic acids is 1. The molecule has 2 aromatic heterocycles. The van der Waals surface area contributed by atoms with Crippen molar-refractivity contribution in [1.82, 2.24) is 20.1 Å². The minimum atomic E-state index is -0.413. The van der Waals surface area contributed by atoms with E-state index >= 15 is 0 Å². The van der Waals surface area contributed by atoms with Crippen LogP contribution in [0.25, 0.3) is 10.6 Å². The van der Waals surface area contributed by atoms with Crippen molar-refractivity contribution in [3.8, 4) is 22.1 Å². The predicted molar refractivity (Wildman–Crippen MR) is 116 cm³/mol. The lowest BCUT2D eigenvalue weighted by Gasteiger charge is -2.11. The van der Waals surface area contributed by atoms with Crippen LogP contribution < -0.4 is 25.7 Å². The maximum absolute atomic E-state index is 12.2. The number of anilines is 1. The number of ether oxygens (including phenoxy) is 2. The lowest BCUT2D eigenvalue weighted by Crippen LogP contribution is -2.34. The van der Waals surface area contributed by atoms with E-state index in [9.17, 15) is 9.59 Å². The first-order valence-corrected chi connectivity index (χ1v) is 10.0. The molecule has 0 atom stereocenters. The van der Waals surface area contributed by atoms with Gasteiger partial charge < -0.3 is 20.1 Å². The maximum atomic E-state index is 12.2. The molecule has 2 amide bonds. The highest BCUT2D eigenvalue weighted by molar-refractivity contribution is 7.15. The first-order valence-electron chi connectivity index (χ1n) is 9.20. The predicted octanol–water partition coefficient (Wildman–Crippen LogP) is 2.82. The van der Waals surface area contributed by atoms with E-state index < -0.39 is 6.03 Å². The average molecular weight is 430 g/mol. The average Bonchev–Trinajstić information content (AvgIpc) is 3.07. The Morgan fingerprint density at radius 2 is 1.83 bits per heavy atom. The molecular weight excluding hydrogens is 406 g/mol. The Morgan fingerprint density at radius 3 is 2.43 bits per heavy atom. The van der Waals surface area contributed by atoms with Crippen LogP contribution in [0.1, 0.15) is 10.7 Å². The minimum absolute atomic E-state index is 0.226. The maximum Gasteiger partial charge on any atom is 0.319 e. The van der Waals surface area contributed by atoms with Gasteiger partial charge in [-0.1, -0.05) is 0 Å². The van der Waals surface area contributed by atoms with E-state index in [1.165, 1.54) is 36.3 Å². The van der Waals surface area contributed by atoms with E-state index in [4.69, 9.17) is 9.47 Å². The summed E-state index contributed by atoms with van der Waals surface area (Å²) in [5, 5.41) is 10.8. The summed E-state index contributed by atoms with van der Waals surface area (Å²) in [6, 6.07) is 7.81. The van der Waals surface area contributed by atoms with E-state index in [0.29, 0.717) is 22.9 Å². The highest BCUT2D eigenvalue weighted by atomic mass is 32.1. The van der Waals surface area contributed by atoms with Gasteiger partial charge in [0.05, 0.1) is 36.3 Å². The number of methoxy groups -OCH3 is 2. The number of nitrogens with one attached hydrogen (secondary N) is 2. The van der Waals surface area contributed by atoms with E-state index in [0.717, 1.165) is 15.6 Å². The summed E-state index contributed by atoms with van der Waals surface area (Å²) in [6.45, 7) is 4.30. The highest BCUT2D eigenvalue weighted by Gasteiger charge is 2.11. The van der Waals surface area contributed by atoms with Crippen LogP contribution in [0.5, 0.6) is 11.5 Å². The van der Waals surface area contributed by atoms with Gasteiger partial charge in [-0.05, 0) is 19.9 Å². The fourth-order valence-corrected chi connectivity index (χ4v) is 3.71. The van der Waals surface area contributed by atoms with Crippen LogP contribution in [0.2, 0.25) is 0 Å². The molecule has 30 heavy (non-hydrogen) atoms. The van der Waals surface area contributed by atoms with Crippen LogP contribution in [-0.2, 0) is 6.54 Å². The van der Waals surface area contributed by atoms with Gasteiger partial charge in [-0.25, -0.2) is 14.5 Å². The molecule has 0 aliphatic heterocycles. The second-order valence-electron chi connectivity index (χ2n) is 6.41. The molecule has 0 spiro atoms. The van der Waals surface area contributed by atoms with Crippen LogP contribution in [0.3, 0.4) is 0 Å². The number of aryl methyl sites for hydroxylation is 2. The second kappa shape index (κ2) is 9.40. The Kier molecular flexibility index (Phi) is 6.68. The zero-order valence-corrected chi connectivity index (χ0v) is 18.0. The number of aromatic nitrogens is 3. The van der Waals surface area contributed by atoms with Gasteiger partial charge in [0.1, 0.15) is 17.2 Å². The molecular formula is C20H23N5O4S. The third-order valence-electron chi connectivity index (χ3n) is 4.22. The lowest BCUT2D eigenvalue weighted by atomic mass is 10.3. The molecule has 3 aromatic rings. The van der Waals surface area contributed by atoms with Crippen molar-refractivity contribution in [3.63, 3.8) is 0 Å². The Morgan fingerprint density at radius 1 is 1.13 bits per heavy atom. The first kappa shape index (κ1) is 21.3. The van der Waals surface area contributed by atoms with Crippen molar-refractivity contribution in [2.24, 2.45) is 0 Å². The summed E-state index contributed by atoms with van der Waals surface area (Å²) in [5.41, 5.74) is 1.85. The molecule has 0 bridgehead atoms. The number of carbonyl (C=O) groups is 1. The number of amides is 2. The largest absolute Gasteiger partial charge is 0.497 e. The topological polar surface area (TPSA) is 107 Å². The number of hydrogen-bond acceptors (Lipinski definition) is 7. The molecule has 2 N–H and O–H groups in total. The quantitative estimate of drug-likeness (QED) is 0.598. The van der Waals surface area contributed by atoms with Gasteiger partial charge in [0.2, 0.25) is 0 Å². The van der Waals surface area contributed by atoms with Crippen LogP contribution in [0.15, 0.2) is 35.1 Å². The second-order valence-corrected chi connectivity index (χ2v) is 7.61. The molecule has 10 heteroatoms. The normalized spacial score (nSPS) is 10.5. The van der Waals surface area contributed by atoms with Crippen molar-refractivity contribution in [1.29, 1.82) is 0 Å². The van der Waals surface area contributed by atoms with E-state index in [-0.39, 0.29) is 18.6 Å². The minimum Gasteiger partial charge on any atom is -0.497 e. The Balaban J connectivity index is 1.62. The van der Waals surface area contributed by atoms with Crippen LogP contribution >= 0.6 is 11.3 Å². The van der Waals surface area contributed by atoms with Gasteiger partial charge >= 0.3 is 6.03 Å². The summed E-state index contributed by atoms with van der Waals surface area (Å²) in [5.74, 6) is 1.12. The number of thiazole rings is 1. The van der Waals surface area contributed by atoms with Crippen LogP contribution in [0, 0.1) is 13.8 Å². The summed E-state index contributed by atoms with van der Waals surface area (Å²) < 4.78 is 11.7. The summed E-state index contributed by atoms with van der Waals surface area (Å²) in [7, 11) is 3.07. The van der Waals surface area contributed by atoms with Gasteiger partial charge in [0.25, 0.3) is 5.56 Å². The fraction of sp³-hybridized carbons (Fsp3) is 0.300. The molecule has 0 unspecified atom stereocenters. The van der Waals surface area contributed by atoms with Gasteiger partial charge in [-0.2, -0.15) is 5.10 Å². The van der Waals surface area contributed by atoms with E-state index in [2.05, 4.69) is 20.7 Å². The smallest absolute Gasteiger partial charge is 0.319 e. The number of rotatable bonds is 7. The molecule has 0 saturated carbocycles. The third-order valence-corrected chi connectivity index (χ3v) is 5.32.